The Morgan fingerprint density at radius 2 is 2.00 bits per heavy atom. The molecule has 0 spiro atoms. The molecule has 1 atom stereocenters. The highest BCUT2D eigenvalue weighted by molar-refractivity contribution is 6.32. The van der Waals surface area contributed by atoms with E-state index >= 15 is 0 Å². The Morgan fingerprint density at radius 3 is 2.45 bits per heavy atom. The van der Waals surface area contributed by atoms with Crippen LogP contribution in [-0.4, -0.2) is 34.6 Å². The predicted molar refractivity (Wildman–Crippen MR) is 83.3 cm³/mol. The first-order chi connectivity index (χ1) is 10.2. The van der Waals surface area contributed by atoms with E-state index in [1.165, 1.54) is 12.3 Å². The van der Waals surface area contributed by atoms with Gasteiger partial charge in [-0.2, -0.15) is 0 Å². The van der Waals surface area contributed by atoms with Gasteiger partial charge in [0.25, 0.3) is 5.91 Å². The van der Waals surface area contributed by atoms with Crippen LogP contribution in [0.5, 0.6) is 5.88 Å². The zero-order chi connectivity index (χ0) is 16.9. The summed E-state index contributed by atoms with van der Waals surface area (Å²) in [6.45, 7) is 7.88. The zero-order valence-electron chi connectivity index (χ0n) is 13.1. The van der Waals surface area contributed by atoms with Gasteiger partial charge in [-0.05, 0) is 17.9 Å². The highest BCUT2D eigenvalue weighted by Crippen LogP contribution is 2.23. The molecule has 1 rings (SSSR count). The van der Waals surface area contributed by atoms with Gasteiger partial charge in [0.2, 0.25) is 5.88 Å². The lowest BCUT2D eigenvalue weighted by atomic mass is 10.0. The highest BCUT2D eigenvalue weighted by atomic mass is 35.5. The Hall–Kier alpha value is -1.82. The van der Waals surface area contributed by atoms with E-state index in [0.717, 1.165) is 0 Å². The number of nitrogens with zero attached hydrogens (tertiary/aromatic N) is 1. The largest absolute Gasteiger partial charge is 0.480 e. The third kappa shape index (κ3) is 5.18. The normalized spacial score (nSPS) is 12.3. The number of carboxylic acid groups (broad SMARTS) is 1. The summed E-state index contributed by atoms with van der Waals surface area (Å²) in [7, 11) is 0. The predicted octanol–water partition coefficient (Wildman–Crippen LogP) is 2.61. The van der Waals surface area contributed by atoms with Crippen LogP contribution in [0.15, 0.2) is 12.3 Å². The number of ether oxygens (including phenoxy) is 1. The van der Waals surface area contributed by atoms with Crippen LogP contribution >= 0.6 is 11.6 Å². The molecule has 0 saturated heterocycles. The van der Waals surface area contributed by atoms with Crippen LogP contribution in [0, 0.1) is 11.8 Å². The summed E-state index contributed by atoms with van der Waals surface area (Å²) in [5, 5.41) is 11.7. The van der Waals surface area contributed by atoms with Crippen molar-refractivity contribution in [1.82, 2.24) is 10.3 Å². The molecule has 122 valence electrons. The fourth-order valence-electron chi connectivity index (χ4n) is 1.64. The van der Waals surface area contributed by atoms with Crippen molar-refractivity contribution in [3.8, 4) is 5.88 Å². The Balaban J connectivity index is 2.82. The van der Waals surface area contributed by atoms with E-state index in [2.05, 4.69) is 10.3 Å². The molecule has 2 N–H and O–H groups in total. The maximum absolute atomic E-state index is 12.1. The molecule has 6 nitrogen and oxygen atoms in total. The average molecular weight is 329 g/mol. The van der Waals surface area contributed by atoms with E-state index < -0.39 is 17.9 Å². The molecule has 0 unspecified atom stereocenters. The van der Waals surface area contributed by atoms with Gasteiger partial charge in [0.15, 0.2) is 0 Å². The van der Waals surface area contributed by atoms with E-state index in [4.69, 9.17) is 21.4 Å². The van der Waals surface area contributed by atoms with Gasteiger partial charge < -0.3 is 15.2 Å². The van der Waals surface area contributed by atoms with Crippen molar-refractivity contribution in [2.45, 2.75) is 33.7 Å². The number of hydrogen-bond acceptors (Lipinski definition) is 4. The van der Waals surface area contributed by atoms with Crippen LogP contribution in [0.2, 0.25) is 5.02 Å². The SMILES string of the molecule is CC(C)COc1ncc(C(=O)N[C@H](C(=O)O)C(C)C)cc1Cl. The summed E-state index contributed by atoms with van der Waals surface area (Å²) >= 11 is 6.03. The molecule has 1 aromatic heterocycles. The molecule has 0 saturated carbocycles. The van der Waals surface area contributed by atoms with Crippen molar-refractivity contribution < 1.29 is 19.4 Å². The molecule has 0 aliphatic rings. The molecule has 1 aromatic rings. The number of carboxylic acids is 1. The number of halogens is 1. The van der Waals surface area contributed by atoms with Crippen LogP contribution in [0.1, 0.15) is 38.1 Å². The average Bonchev–Trinajstić information content (AvgIpc) is 2.42. The lowest BCUT2D eigenvalue weighted by molar-refractivity contribution is -0.140. The second-order valence-electron chi connectivity index (χ2n) is 5.75. The number of rotatable bonds is 7. The van der Waals surface area contributed by atoms with Crippen molar-refractivity contribution in [3.05, 3.63) is 22.8 Å². The van der Waals surface area contributed by atoms with Crippen LogP contribution in [0.25, 0.3) is 0 Å². The smallest absolute Gasteiger partial charge is 0.326 e. The van der Waals surface area contributed by atoms with Crippen LogP contribution in [0.3, 0.4) is 0 Å². The van der Waals surface area contributed by atoms with E-state index in [-0.39, 0.29) is 22.4 Å². The number of aliphatic carboxylic acids is 1. The topological polar surface area (TPSA) is 88.5 Å². The summed E-state index contributed by atoms with van der Waals surface area (Å²) in [6.07, 6.45) is 1.32. The number of hydrogen-bond donors (Lipinski definition) is 2. The van der Waals surface area contributed by atoms with E-state index in [1.54, 1.807) is 13.8 Å². The van der Waals surface area contributed by atoms with Crippen molar-refractivity contribution in [1.29, 1.82) is 0 Å². The first-order valence-electron chi connectivity index (χ1n) is 7.04. The third-order valence-electron chi connectivity index (χ3n) is 2.84. The van der Waals surface area contributed by atoms with E-state index in [9.17, 15) is 9.59 Å². The molecule has 0 fully saturated rings. The lowest BCUT2D eigenvalue weighted by Gasteiger charge is -2.18. The van der Waals surface area contributed by atoms with Crippen LogP contribution < -0.4 is 10.1 Å². The van der Waals surface area contributed by atoms with Gasteiger partial charge in [-0.3, -0.25) is 4.79 Å². The van der Waals surface area contributed by atoms with Crippen molar-refractivity contribution >= 4 is 23.5 Å². The number of nitrogens with one attached hydrogen (secondary N) is 1. The maximum Gasteiger partial charge on any atom is 0.326 e. The monoisotopic (exact) mass is 328 g/mol. The summed E-state index contributed by atoms with van der Waals surface area (Å²) < 4.78 is 5.42. The van der Waals surface area contributed by atoms with Crippen LogP contribution in [-0.2, 0) is 4.79 Å². The second-order valence-corrected chi connectivity index (χ2v) is 6.16. The standard InChI is InChI=1S/C15H21ClN2O4/c1-8(2)7-22-14-11(16)5-10(6-17-14)13(19)18-12(9(3)4)15(20)21/h5-6,8-9,12H,7H2,1-4H3,(H,18,19)(H,20,21)/t12-/m0/s1. The molecule has 22 heavy (non-hydrogen) atoms. The number of amides is 1. The summed E-state index contributed by atoms with van der Waals surface area (Å²) in [4.78, 5) is 27.2. The van der Waals surface area contributed by atoms with E-state index in [1.807, 2.05) is 13.8 Å². The molecule has 7 heteroatoms. The van der Waals surface area contributed by atoms with Crippen LogP contribution in [0.4, 0.5) is 0 Å². The molecule has 0 aliphatic heterocycles. The highest BCUT2D eigenvalue weighted by Gasteiger charge is 2.24. The minimum atomic E-state index is -1.08. The van der Waals surface area contributed by atoms with Crippen molar-refractivity contribution in [2.75, 3.05) is 6.61 Å². The fourth-order valence-corrected chi connectivity index (χ4v) is 1.86. The number of carbonyl (C=O) groups is 2. The summed E-state index contributed by atoms with van der Waals surface area (Å²) in [5.74, 6) is -1.28. The van der Waals surface area contributed by atoms with Gasteiger partial charge in [0.1, 0.15) is 11.1 Å². The van der Waals surface area contributed by atoms with Gasteiger partial charge in [0, 0.05) is 6.20 Å². The van der Waals surface area contributed by atoms with Gasteiger partial charge in [-0.1, -0.05) is 39.3 Å². The molecule has 0 aliphatic carbocycles. The molecule has 1 amide bonds. The quantitative estimate of drug-likeness (QED) is 0.803. The molecule has 0 aromatic carbocycles. The molecule has 0 radical (unpaired) electrons. The fraction of sp³-hybridized carbons (Fsp3) is 0.533. The lowest BCUT2D eigenvalue weighted by Crippen LogP contribution is -2.44. The summed E-state index contributed by atoms with van der Waals surface area (Å²) in [5.41, 5.74) is 0.189. The Morgan fingerprint density at radius 1 is 1.36 bits per heavy atom. The number of pyridine rings is 1. The van der Waals surface area contributed by atoms with Gasteiger partial charge in [-0.15, -0.1) is 0 Å². The third-order valence-corrected chi connectivity index (χ3v) is 3.11. The van der Waals surface area contributed by atoms with Gasteiger partial charge >= 0.3 is 5.97 Å². The molecule has 1 heterocycles. The number of carbonyl (C=O) groups excluding carboxylic acids is 1. The second kappa shape index (κ2) is 7.98. The number of aromatic nitrogens is 1. The van der Waals surface area contributed by atoms with Gasteiger partial charge in [0.05, 0.1) is 12.2 Å². The summed E-state index contributed by atoms with van der Waals surface area (Å²) in [6, 6.07) is 0.446. The van der Waals surface area contributed by atoms with Gasteiger partial charge in [-0.25, -0.2) is 9.78 Å². The van der Waals surface area contributed by atoms with Crippen molar-refractivity contribution in [3.63, 3.8) is 0 Å². The minimum Gasteiger partial charge on any atom is -0.480 e. The molecular formula is C15H21ClN2O4. The molecular weight excluding hydrogens is 308 g/mol. The van der Waals surface area contributed by atoms with Crippen molar-refractivity contribution in [2.24, 2.45) is 11.8 Å². The first-order valence-corrected chi connectivity index (χ1v) is 7.42. The first kappa shape index (κ1) is 18.2. The zero-order valence-corrected chi connectivity index (χ0v) is 13.8. The molecule has 0 bridgehead atoms. The maximum atomic E-state index is 12.1. The Kier molecular flexibility index (Phi) is 6.61. The Bertz CT molecular complexity index is 546. The minimum absolute atomic E-state index is 0.189. The Labute approximate surface area is 134 Å². The van der Waals surface area contributed by atoms with E-state index in [0.29, 0.717) is 12.5 Å².